The second-order valence-corrected chi connectivity index (χ2v) is 7.77. The fraction of sp³-hybridized carbons (Fsp3) is 0.368. The number of esters is 1. The maximum atomic E-state index is 13.1. The molecule has 0 aliphatic heterocycles. The molecule has 1 aliphatic carbocycles. The minimum Gasteiger partial charge on any atom is -0.464 e. The number of hydrogen-bond donors (Lipinski definition) is 0. The van der Waals surface area contributed by atoms with Gasteiger partial charge in [0.2, 0.25) is 0 Å². The van der Waals surface area contributed by atoms with Gasteiger partial charge < -0.3 is 9.64 Å². The van der Waals surface area contributed by atoms with Crippen molar-refractivity contribution in [2.75, 3.05) is 6.61 Å². The molecule has 132 valence electrons. The highest BCUT2D eigenvalue weighted by Crippen LogP contribution is 2.34. The molecule has 1 unspecified atom stereocenters. The minimum atomic E-state index is -0.601. The van der Waals surface area contributed by atoms with Crippen LogP contribution in [-0.2, 0) is 16.0 Å². The Morgan fingerprint density at radius 1 is 1.28 bits per heavy atom. The summed E-state index contributed by atoms with van der Waals surface area (Å²) < 4.78 is 6.07. The van der Waals surface area contributed by atoms with Crippen molar-refractivity contribution in [3.63, 3.8) is 0 Å². The summed E-state index contributed by atoms with van der Waals surface area (Å²) in [6.07, 6.45) is 2.32. The fourth-order valence-corrected chi connectivity index (χ4v) is 4.33. The van der Waals surface area contributed by atoms with Gasteiger partial charge in [0.05, 0.1) is 6.61 Å². The topological polar surface area (TPSA) is 46.6 Å². The van der Waals surface area contributed by atoms with Crippen LogP contribution in [0.15, 0.2) is 46.3 Å². The molecule has 0 bridgehead atoms. The molecule has 1 amide bonds. The van der Waals surface area contributed by atoms with Crippen molar-refractivity contribution in [2.45, 2.75) is 38.3 Å². The van der Waals surface area contributed by atoms with Gasteiger partial charge in [-0.3, -0.25) is 4.79 Å². The van der Waals surface area contributed by atoms with Crippen molar-refractivity contribution in [3.8, 4) is 0 Å². The molecular formula is C19H20BrNO3S. The monoisotopic (exact) mass is 421 g/mol. The third-order valence-corrected chi connectivity index (χ3v) is 5.98. The molecule has 2 aromatic rings. The van der Waals surface area contributed by atoms with E-state index in [4.69, 9.17) is 4.74 Å². The molecule has 1 atom stereocenters. The van der Waals surface area contributed by atoms with E-state index in [2.05, 4.69) is 15.9 Å². The second kappa shape index (κ2) is 8.15. The van der Waals surface area contributed by atoms with E-state index in [0.29, 0.717) is 17.9 Å². The van der Waals surface area contributed by atoms with E-state index in [-0.39, 0.29) is 17.9 Å². The lowest BCUT2D eigenvalue weighted by molar-refractivity contribution is -0.148. The van der Waals surface area contributed by atoms with E-state index >= 15 is 0 Å². The first-order valence-electron chi connectivity index (χ1n) is 8.38. The SMILES string of the molecule is CCOC(=O)C(Cc1ccccc1)N(C(=O)c1sccc1Br)C1CC1. The number of halogens is 1. The van der Waals surface area contributed by atoms with Crippen LogP contribution in [0.3, 0.4) is 0 Å². The molecule has 25 heavy (non-hydrogen) atoms. The lowest BCUT2D eigenvalue weighted by Gasteiger charge is -2.30. The smallest absolute Gasteiger partial charge is 0.329 e. The molecule has 1 fully saturated rings. The van der Waals surface area contributed by atoms with E-state index in [9.17, 15) is 9.59 Å². The molecule has 0 radical (unpaired) electrons. The first-order chi connectivity index (χ1) is 12.1. The summed E-state index contributed by atoms with van der Waals surface area (Å²) in [7, 11) is 0. The van der Waals surface area contributed by atoms with E-state index in [1.54, 1.807) is 11.8 Å². The Bertz CT molecular complexity index is 742. The van der Waals surface area contributed by atoms with Crippen molar-refractivity contribution in [1.29, 1.82) is 0 Å². The van der Waals surface area contributed by atoms with E-state index in [0.717, 1.165) is 22.9 Å². The number of rotatable bonds is 7. The minimum absolute atomic E-state index is 0.0987. The standard InChI is InChI=1S/C19H20BrNO3S/c1-2-24-19(23)16(12-13-6-4-3-5-7-13)21(14-8-9-14)18(22)17-15(20)10-11-25-17/h3-7,10-11,14,16H,2,8-9,12H2,1H3. The number of hydrogen-bond acceptors (Lipinski definition) is 4. The third-order valence-electron chi connectivity index (χ3n) is 4.15. The Morgan fingerprint density at radius 2 is 2.00 bits per heavy atom. The Morgan fingerprint density at radius 3 is 2.56 bits per heavy atom. The zero-order chi connectivity index (χ0) is 17.8. The first-order valence-corrected chi connectivity index (χ1v) is 10.0. The maximum absolute atomic E-state index is 13.1. The molecule has 0 spiro atoms. The average molecular weight is 422 g/mol. The number of amides is 1. The zero-order valence-electron chi connectivity index (χ0n) is 14.0. The Balaban J connectivity index is 1.91. The lowest BCUT2D eigenvalue weighted by atomic mass is 10.0. The van der Waals surface area contributed by atoms with Gasteiger partial charge in [-0.25, -0.2) is 4.79 Å². The number of ether oxygens (including phenoxy) is 1. The normalized spacial score (nSPS) is 14.8. The van der Waals surface area contributed by atoms with Gasteiger partial charge in [-0.2, -0.15) is 0 Å². The Hall–Kier alpha value is -1.66. The van der Waals surface area contributed by atoms with Crippen LogP contribution in [0.2, 0.25) is 0 Å². The summed E-state index contributed by atoms with van der Waals surface area (Å²) in [5.41, 5.74) is 1.02. The number of thiophene rings is 1. The number of carbonyl (C=O) groups is 2. The van der Waals surface area contributed by atoms with Gasteiger partial charge in [0, 0.05) is 16.9 Å². The maximum Gasteiger partial charge on any atom is 0.329 e. The third kappa shape index (κ3) is 4.30. The van der Waals surface area contributed by atoms with Crippen LogP contribution in [0, 0.1) is 0 Å². The summed E-state index contributed by atoms with van der Waals surface area (Å²) in [6.45, 7) is 2.09. The molecule has 4 nitrogen and oxygen atoms in total. The quantitative estimate of drug-likeness (QED) is 0.626. The summed E-state index contributed by atoms with van der Waals surface area (Å²) in [5.74, 6) is -0.433. The summed E-state index contributed by atoms with van der Waals surface area (Å²) in [5, 5.41) is 1.87. The molecule has 1 aromatic heterocycles. The van der Waals surface area contributed by atoms with Crippen molar-refractivity contribution in [2.24, 2.45) is 0 Å². The average Bonchev–Trinajstić information content (AvgIpc) is 3.35. The highest BCUT2D eigenvalue weighted by Gasteiger charge is 2.42. The predicted molar refractivity (Wildman–Crippen MR) is 102 cm³/mol. The first kappa shape index (κ1) is 18.1. The van der Waals surface area contributed by atoms with Crippen LogP contribution in [0.1, 0.15) is 35.0 Å². The van der Waals surface area contributed by atoms with Gasteiger partial charge in [0.15, 0.2) is 0 Å². The van der Waals surface area contributed by atoms with Gasteiger partial charge in [-0.05, 0) is 52.7 Å². The molecule has 6 heteroatoms. The van der Waals surface area contributed by atoms with Crippen molar-refractivity contribution in [1.82, 2.24) is 4.90 Å². The van der Waals surface area contributed by atoms with Gasteiger partial charge in [0.1, 0.15) is 10.9 Å². The Kier molecular flexibility index (Phi) is 5.91. The number of benzene rings is 1. The highest BCUT2D eigenvalue weighted by atomic mass is 79.9. The largest absolute Gasteiger partial charge is 0.464 e. The van der Waals surface area contributed by atoms with Gasteiger partial charge >= 0.3 is 5.97 Å². The molecule has 0 N–H and O–H groups in total. The molecule has 1 heterocycles. The van der Waals surface area contributed by atoms with Gasteiger partial charge in [0.25, 0.3) is 5.91 Å². The lowest BCUT2D eigenvalue weighted by Crippen LogP contribution is -2.48. The molecule has 1 aromatic carbocycles. The van der Waals surface area contributed by atoms with Crippen LogP contribution in [0.25, 0.3) is 0 Å². The second-order valence-electron chi connectivity index (χ2n) is 6.00. The van der Waals surface area contributed by atoms with Crippen LogP contribution < -0.4 is 0 Å². The molecular weight excluding hydrogens is 402 g/mol. The van der Waals surface area contributed by atoms with Crippen LogP contribution >= 0.6 is 27.3 Å². The van der Waals surface area contributed by atoms with E-state index in [1.807, 2.05) is 41.8 Å². The van der Waals surface area contributed by atoms with Crippen LogP contribution in [-0.4, -0.2) is 35.5 Å². The van der Waals surface area contributed by atoms with Crippen LogP contribution in [0.4, 0.5) is 0 Å². The summed E-state index contributed by atoms with van der Waals surface area (Å²) in [6, 6.07) is 11.1. The molecule has 1 saturated carbocycles. The summed E-state index contributed by atoms with van der Waals surface area (Å²) in [4.78, 5) is 28.2. The van der Waals surface area contributed by atoms with E-state index < -0.39 is 6.04 Å². The van der Waals surface area contributed by atoms with Crippen molar-refractivity contribution >= 4 is 39.1 Å². The molecule has 0 saturated heterocycles. The van der Waals surface area contributed by atoms with Gasteiger partial charge in [-0.1, -0.05) is 30.3 Å². The number of carbonyl (C=O) groups excluding carboxylic acids is 2. The molecule has 1 aliphatic rings. The fourth-order valence-electron chi connectivity index (χ4n) is 2.85. The van der Waals surface area contributed by atoms with E-state index in [1.165, 1.54) is 11.3 Å². The van der Waals surface area contributed by atoms with Crippen LogP contribution in [0.5, 0.6) is 0 Å². The number of nitrogens with zero attached hydrogens (tertiary/aromatic N) is 1. The van der Waals surface area contributed by atoms with Crippen molar-refractivity contribution in [3.05, 3.63) is 56.7 Å². The predicted octanol–water partition coefficient (Wildman–Crippen LogP) is 4.29. The molecule has 3 rings (SSSR count). The highest BCUT2D eigenvalue weighted by molar-refractivity contribution is 9.10. The van der Waals surface area contributed by atoms with Gasteiger partial charge in [-0.15, -0.1) is 11.3 Å². The summed E-state index contributed by atoms with van der Waals surface area (Å²) >= 11 is 4.82. The van der Waals surface area contributed by atoms with Crippen molar-refractivity contribution < 1.29 is 14.3 Å². The zero-order valence-corrected chi connectivity index (χ0v) is 16.4. The Labute approximate surface area is 159 Å².